The maximum Gasteiger partial charge on any atom is 0.141 e. The summed E-state index contributed by atoms with van der Waals surface area (Å²) in [7, 11) is 0. The fourth-order valence-electron chi connectivity index (χ4n) is 4.53. The van der Waals surface area contributed by atoms with Gasteiger partial charge >= 0.3 is 0 Å². The third kappa shape index (κ3) is 4.45. The second-order valence-corrected chi connectivity index (χ2v) is 8.50. The van der Waals surface area contributed by atoms with Gasteiger partial charge in [0.15, 0.2) is 0 Å². The lowest BCUT2D eigenvalue weighted by molar-refractivity contribution is 0.279. The first-order valence-electron chi connectivity index (χ1n) is 10.7. The first-order chi connectivity index (χ1) is 14.5. The molecule has 1 atom stereocenters. The number of aromatic nitrogens is 1. The Labute approximate surface area is 178 Å². The fraction of sp³-hybridized carbons (Fsp3) is 0.346. The second-order valence-electron chi connectivity index (χ2n) is 8.50. The standard InChI is InChI=1S/C26H29FN2O/c1-18(2)24-5-3-4-6-26(24)19-7-10-25(21(13-19)17-30)20-11-12-29(15-20)16-23-9-8-22(27)14-28-23/h3-10,13-14,18,20,30H,11-12,15-17H2,1-2H3. The van der Waals surface area contributed by atoms with Gasteiger partial charge in [0.1, 0.15) is 5.82 Å². The van der Waals surface area contributed by atoms with Gasteiger partial charge in [-0.25, -0.2) is 4.39 Å². The maximum absolute atomic E-state index is 13.1. The van der Waals surface area contributed by atoms with Crippen LogP contribution in [0.4, 0.5) is 4.39 Å². The summed E-state index contributed by atoms with van der Waals surface area (Å²) in [6.07, 6.45) is 2.33. The highest BCUT2D eigenvalue weighted by Gasteiger charge is 2.26. The Morgan fingerprint density at radius 2 is 1.97 bits per heavy atom. The SMILES string of the molecule is CC(C)c1ccccc1-c1ccc(C2CCN(Cc3ccc(F)cn3)C2)c(CO)c1. The molecule has 0 bridgehead atoms. The van der Waals surface area contributed by atoms with E-state index in [9.17, 15) is 9.50 Å². The van der Waals surface area contributed by atoms with Crippen LogP contribution in [0.1, 0.15) is 54.5 Å². The van der Waals surface area contributed by atoms with Gasteiger partial charge in [-0.2, -0.15) is 0 Å². The molecule has 2 aromatic carbocycles. The van der Waals surface area contributed by atoms with Crippen LogP contribution in [0.15, 0.2) is 60.8 Å². The van der Waals surface area contributed by atoms with Crippen LogP contribution >= 0.6 is 0 Å². The van der Waals surface area contributed by atoms with E-state index >= 15 is 0 Å². The average Bonchev–Trinajstić information content (AvgIpc) is 3.23. The van der Waals surface area contributed by atoms with Gasteiger partial charge in [0.05, 0.1) is 18.5 Å². The molecule has 1 aliphatic rings. The number of nitrogens with zero attached hydrogens (tertiary/aromatic N) is 2. The molecule has 4 heteroatoms. The number of aliphatic hydroxyl groups is 1. The lowest BCUT2D eigenvalue weighted by Crippen LogP contribution is -2.20. The van der Waals surface area contributed by atoms with Crippen molar-refractivity contribution in [3.8, 4) is 11.1 Å². The van der Waals surface area contributed by atoms with Crippen molar-refractivity contribution in [3.63, 3.8) is 0 Å². The number of rotatable bonds is 6. The van der Waals surface area contributed by atoms with E-state index in [1.807, 2.05) is 0 Å². The highest BCUT2D eigenvalue weighted by molar-refractivity contribution is 5.69. The van der Waals surface area contributed by atoms with Crippen LogP contribution in [-0.4, -0.2) is 28.1 Å². The predicted octanol–water partition coefficient (Wildman–Crippen LogP) is 5.49. The van der Waals surface area contributed by atoms with Gasteiger partial charge in [-0.05, 0) is 70.8 Å². The molecule has 4 rings (SSSR count). The number of hydrogen-bond donors (Lipinski definition) is 1. The van der Waals surface area contributed by atoms with Gasteiger partial charge in [-0.3, -0.25) is 9.88 Å². The molecule has 1 saturated heterocycles. The molecule has 3 nitrogen and oxygen atoms in total. The monoisotopic (exact) mass is 404 g/mol. The summed E-state index contributed by atoms with van der Waals surface area (Å²) in [5.41, 5.74) is 6.87. The molecule has 0 spiro atoms. The van der Waals surface area contributed by atoms with Crippen LogP contribution in [0.2, 0.25) is 0 Å². The van der Waals surface area contributed by atoms with Crippen LogP contribution < -0.4 is 0 Å². The zero-order chi connectivity index (χ0) is 21.1. The zero-order valence-electron chi connectivity index (χ0n) is 17.7. The topological polar surface area (TPSA) is 36.4 Å². The van der Waals surface area contributed by atoms with Crippen LogP contribution in [0, 0.1) is 5.82 Å². The van der Waals surface area contributed by atoms with Crippen molar-refractivity contribution in [2.75, 3.05) is 13.1 Å². The zero-order valence-corrected chi connectivity index (χ0v) is 17.7. The molecule has 0 aliphatic carbocycles. The number of hydrogen-bond acceptors (Lipinski definition) is 3. The number of likely N-dealkylation sites (tertiary alicyclic amines) is 1. The first kappa shape index (κ1) is 20.7. The number of aliphatic hydroxyl groups excluding tert-OH is 1. The third-order valence-electron chi connectivity index (χ3n) is 6.09. The molecule has 1 N–H and O–H groups in total. The number of pyridine rings is 1. The van der Waals surface area contributed by atoms with Crippen molar-refractivity contribution in [2.45, 2.75) is 45.3 Å². The largest absolute Gasteiger partial charge is 0.392 e. The summed E-state index contributed by atoms with van der Waals surface area (Å²) < 4.78 is 13.1. The quantitative estimate of drug-likeness (QED) is 0.590. The minimum Gasteiger partial charge on any atom is -0.392 e. The molecular weight excluding hydrogens is 375 g/mol. The highest BCUT2D eigenvalue weighted by atomic mass is 19.1. The summed E-state index contributed by atoms with van der Waals surface area (Å²) in [4.78, 5) is 6.54. The average molecular weight is 405 g/mol. The molecule has 30 heavy (non-hydrogen) atoms. The molecular formula is C26H29FN2O. The molecule has 2 heterocycles. The van der Waals surface area contributed by atoms with Gasteiger partial charge in [0.25, 0.3) is 0 Å². The minimum absolute atomic E-state index is 0.0447. The lowest BCUT2D eigenvalue weighted by Gasteiger charge is -2.19. The van der Waals surface area contributed by atoms with Crippen LogP contribution in [0.3, 0.4) is 0 Å². The van der Waals surface area contributed by atoms with Gasteiger partial charge in [0.2, 0.25) is 0 Å². The Morgan fingerprint density at radius 1 is 1.13 bits per heavy atom. The summed E-state index contributed by atoms with van der Waals surface area (Å²) in [5, 5.41) is 10.1. The number of benzene rings is 2. The molecule has 3 aromatic rings. The normalized spacial score (nSPS) is 17.0. The van der Waals surface area contributed by atoms with E-state index in [1.54, 1.807) is 6.07 Å². The Hall–Kier alpha value is -2.56. The summed E-state index contributed by atoms with van der Waals surface area (Å²) >= 11 is 0. The molecule has 1 unspecified atom stereocenters. The summed E-state index contributed by atoms with van der Waals surface area (Å²) in [5.74, 6) is 0.536. The van der Waals surface area contributed by atoms with Gasteiger partial charge in [-0.1, -0.05) is 50.2 Å². The first-order valence-corrected chi connectivity index (χ1v) is 10.7. The smallest absolute Gasteiger partial charge is 0.141 e. The molecule has 0 amide bonds. The number of halogens is 1. The fourth-order valence-corrected chi connectivity index (χ4v) is 4.53. The van der Waals surface area contributed by atoms with E-state index in [-0.39, 0.29) is 12.4 Å². The van der Waals surface area contributed by atoms with Crippen molar-refractivity contribution in [3.05, 3.63) is 89.0 Å². The summed E-state index contributed by atoms with van der Waals surface area (Å²) in [6.45, 7) is 7.10. The Morgan fingerprint density at radius 3 is 2.70 bits per heavy atom. The van der Waals surface area contributed by atoms with Crippen LogP contribution in [0.5, 0.6) is 0 Å². The minimum atomic E-state index is -0.301. The molecule has 1 fully saturated rings. The molecule has 0 saturated carbocycles. The van der Waals surface area contributed by atoms with Crippen molar-refractivity contribution in [1.82, 2.24) is 9.88 Å². The van der Waals surface area contributed by atoms with Crippen molar-refractivity contribution in [2.24, 2.45) is 0 Å². The predicted molar refractivity (Wildman–Crippen MR) is 119 cm³/mol. The summed E-state index contributed by atoms with van der Waals surface area (Å²) in [6, 6.07) is 18.3. The van der Waals surface area contributed by atoms with E-state index in [2.05, 4.69) is 66.2 Å². The van der Waals surface area contributed by atoms with E-state index in [4.69, 9.17) is 0 Å². The molecule has 1 aromatic heterocycles. The Kier molecular flexibility index (Phi) is 6.26. The second kappa shape index (κ2) is 9.07. The van der Waals surface area contributed by atoms with Crippen molar-refractivity contribution < 1.29 is 9.50 Å². The molecule has 156 valence electrons. The van der Waals surface area contributed by atoms with Crippen LogP contribution in [0.25, 0.3) is 11.1 Å². The van der Waals surface area contributed by atoms with E-state index < -0.39 is 0 Å². The maximum atomic E-state index is 13.1. The highest BCUT2D eigenvalue weighted by Crippen LogP contribution is 2.35. The molecule has 0 radical (unpaired) electrons. The third-order valence-corrected chi connectivity index (χ3v) is 6.09. The van der Waals surface area contributed by atoms with Gasteiger partial charge in [-0.15, -0.1) is 0 Å². The van der Waals surface area contributed by atoms with E-state index in [0.29, 0.717) is 11.8 Å². The van der Waals surface area contributed by atoms with Crippen LogP contribution in [-0.2, 0) is 13.2 Å². The van der Waals surface area contributed by atoms with Crippen molar-refractivity contribution in [1.29, 1.82) is 0 Å². The molecule has 1 aliphatic heterocycles. The Bertz CT molecular complexity index is 1000. The lowest BCUT2D eigenvalue weighted by atomic mass is 9.88. The van der Waals surface area contributed by atoms with E-state index in [1.165, 1.54) is 29.0 Å². The van der Waals surface area contributed by atoms with Gasteiger partial charge in [0, 0.05) is 13.1 Å². The Balaban J connectivity index is 1.53. The van der Waals surface area contributed by atoms with Gasteiger partial charge < -0.3 is 5.11 Å². The van der Waals surface area contributed by atoms with E-state index in [0.717, 1.165) is 42.9 Å². The van der Waals surface area contributed by atoms with Crippen molar-refractivity contribution >= 4 is 0 Å².